The lowest BCUT2D eigenvalue weighted by Gasteiger charge is -2.18. The third kappa shape index (κ3) is 3.98. The van der Waals surface area contributed by atoms with E-state index in [1.807, 2.05) is 17.5 Å². The monoisotopic (exact) mass is 470 g/mol. The number of halogens is 3. The van der Waals surface area contributed by atoms with Gasteiger partial charge in [-0.15, -0.1) is 11.3 Å². The number of amides is 3. The van der Waals surface area contributed by atoms with Crippen molar-refractivity contribution < 1.29 is 27.5 Å². The van der Waals surface area contributed by atoms with Crippen LogP contribution < -0.4 is 14.5 Å². The number of hydrogen-bond donors (Lipinski definition) is 0. The van der Waals surface area contributed by atoms with Crippen molar-refractivity contribution in [3.63, 3.8) is 0 Å². The number of aromatic nitrogens is 2. The largest absolute Gasteiger partial charge is 0.456 e. The molecule has 1 aliphatic rings. The molecule has 0 saturated carbocycles. The third-order valence-corrected chi connectivity index (χ3v) is 5.78. The second-order valence-electron chi connectivity index (χ2n) is 7.11. The van der Waals surface area contributed by atoms with Gasteiger partial charge in [-0.1, -0.05) is 0 Å². The molecule has 5 rings (SSSR count). The summed E-state index contributed by atoms with van der Waals surface area (Å²) in [5.41, 5.74) is -0.844. The molecule has 0 atom stereocenters. The van der Waals surface area contributed by atoms with E-state index in [0.29, 0.717) is 17.7 Å². The summed E-state index contributed by atoms with van der Waals surface area (Å²) in [5.74, 6) is 0.427. The molecule has 0 unspecified atom stereocenters. The third-order valence-electron chi connectivity index (χ3n) is 4.94. The van der Waals surface area contributed by atoms with Crippen LogP contribution in [0.25, 0.3) is 10.2 Å². The second kappa shape index (κ2) is 7.85. The van der Waals surface area contributed by atoms with E-state index in [9.17, 15) is 22.8 Å². The maximum Gasteiger partial charge on any atom is 0.417 e. The van der Waals surface area contributed by atoms with Crippen LogP contribution in [0.15, 0.2) is 66.4 Å². The minimum Gasteiger partial charge on any atom is -0.456 e. The van der Waals surface area contributed by atoms with Crippen LogP contribution in [0.4, 0.5) is 29.3 Å². The van der Waals surface area contributed by atoms with Crippen LogP contribution in [0.2, 0.25) is 0 Å². The number of alkyl halides is 3. The SMILES string of the molecule is O=C1CN(c2cncc(C(F)(F)F)c2)C(=O)N1c1ccc(Oc2cnc3sccc3c2)cc1. The van der Waals surface area contributed by atoms with E-state index in [4.69, 9.17) is 4.74 Å². The second-order valence-corrected chi connectivity index (χ2v) is 8.00. The number of fused-ring (bicyclic) bond motifs is 1. The van der Waals surface area contributed by atoms with Crippen molar-refractivity contribution in [2.24, 2.45) is 0 Å². The van der Waals surface area contributed by atoms with Crippen LogP contribution in [0.1, 0.15) is 5.56 Å². The summed E-state index contributed by atoms with van der Waals surface area (Å²) in [5, 5.41) is 2.88. The molecule has 0 N–H and O–H groups in total. The molecule has 4 aromatic rings. The molecular formula is C22H13F3N4O3S. The number of imide groups is 1. The number of anilines is 2. The first kappa shape index (κ1) is 20.9. The number of ether oxygens (including phenoxy) is 1. The molecule has 0 radical (unpaired) electrons. The molecular weight excluding hydrogens is 457 g/mol. The predicted octanol–water partition coefficient (Wildman–Crippen LogP) is 5.48. The van der Waals surface area contributed by atoms with E-state index in [0.717, 1.165) is 32.3 Å². The first-order valence-electron chi connectivity index (χ1n) is 9.57. The van der Waals surface area contributed by atoms with Crippen molar-refractivity contribution in [1.82, 2.24) is 9.97 Å². The fourth-order valence-electron chi connectivity index (χ4n) is 3.38. The van der Waals surface area contributed by atoms with Crippen molar-refractivity contribution in [2.75, 3.05) is 16.3 Å². The molecule has 11 heteroatoms. The average molecular weight is 470 g/mol. The zero-order valence-electron chi connectivity index (χ0n) is 16.6. The Balaban J connectivity index is 1.35. The van der Waals surface area contributed by atoms with E-state index in [1.54, 1.807) is 18.3 Å². The van der Waals surface area contributed by atoms with Gasteiger partial charge >= 0.3 is 12.2 Å². The number of hydrogen-bond acceptors (Lipinski definition) is 6. The van der Waals surface area contributed by atoms with Crippen molar-refractivity contribution in [3.05, 3.63) is 72.0 Å². The van der Waals surface area contributed by atoms with Gasteiger partial charge in [0, 0.05) is 11.6 Å². The Morgan fingerprint density at radius 1 is 0.939 bits per heavy atom. The number of nitrogens with zero attached hydrogens (tertiary/aromatic N) is 4. The lowest BCUT2D eigenvalue weighted by molar-refractivity contribution is -0.137. The van der Waals surface area contributed by atoms with E-state index in [1.165, 1.54) is 23.5 Å². The highest BCUT2D eigenvalue weighted by molar-refractivity contribution is 7.16. The number of carbonyl (C=O) groups is 2. The van der Waals surface area contributed by atoms with Gasteiger partial charge in [0.05, 0.1) is 29.3 Å². The Bertz CT molecular complexity index is 1370. The molecule has 0 bridgehead atoms. The smallest absolute Gasteiger partial charge is 0.417 e. The summed E-state index contributed by atoms with van der Waals surface area (Å²) in [6, 6.07) is 10.0. The van der Waals surface area contributed by atoms with Gasteiger partial charge in [0.25, 0.3) is 5.91 Å². The summed E-state index contributed by atoms with van der Waals surface area (Å²) >= 11 is 1.52. The lowest BCUT2D eigenvalue weighted by atomic mass is 10.2. The summed E-state index contributed by atoms with van der Waals surface area (Å²) in [4.78, 5) is 36.0. The molecule has 33 heavy (non-hydrogen) atoms. The molecule has 0 aliphatic carbocycles. The summed E-state index contributed by atoms with van der Waals surface area (Å²) in [7, 11) is 0. The van der Waals surface area contributed by atoms with Crippen LogP contribution in [-0.2, 0) is 11.0 Å². The van der Waals surface area contributed by atoms with Gasteiger partial charge in [-0.05, 0) is 47.8 Å². The minimum absolute atomic E-state index is 0.109. The number of rotatable bonds is 4. The van der Waals surface area contributed by atoms with E-state index in [-0.39, 0.29) is 11.4 Å². The van der Waals surface area contributed by atoms with Gasteiger partial charge in [0.2, 0.25) is 0 Å². The molecule has 4 heterocycles. The molecule has 1 aliphatic heterocycles. The van der Waals surface area contributed by atoms with Crippen LogP contribution in [0.3, 0.4) is 0 Å². The Labute approximate surface area is 188 Å². The van der Waals surface area contributed by atoms with Gasteiger partial charge in [-0.3, -0.25) is 14.7 Å². The maximum atomic E-state index is 13.0. The summed E-state index contributed by atoms with van der Waals surface area (Å²) in [6.07, 6.45) is -1.25. The molecule has 7 nitrogen and oxygen atoms in total. The number of benzene rings is 1. The number of thiophene rings is 1. The van der Waals surface area contributed by atoms with Crippen molar-refractivity contribution in [2.45, 2.75) is 6.18 Å². The van der Waals surface area contributed by atoms with Gasteiger partial charge < -0.3 is 4.74 Å². The molecule has 0 spiro atoms. The van der Waals surface area contributed by atoms with Crippen molar-refractivity contribution in [3.8, 4) is 11.5 Å². The van der Waals surface area contributed by atoms with Crippen LogP contribution in [0, 0.1) is 0 Å². The fourth-order valence-corrected chi connectivity index (χ4v) is 4.10. The number of pyridine rings is 2. The maximum absolute atomic E-state index is 13.0. The Morgan fingerprint density at radius 3 is 2.48 bits per heavy atom. The van der Waals surface area contributed by atoms with Crippen LogP contribution in [0.5, 0.6) is 11.5 Å². The van der Waals surface area contributed by atoms with Crippen LogP contribution in [-0.4, -0.2) is 28.5 Å². The molecule has 1 saturated heterocycles. The van der Waals surface area contributed by atoms with Crippen molar-refractivity contribution >= 4 is 44.9 Å². The summed E-state index contributed by atoms with van der Waals surface area (Å²) < 4.78 is 44.8. The van der Waals surface area contributed by atoms with E-state index < -0.39 is 30.2 Å². The van der Waals surface area contributed by atoms with E-state index in [2.05, 4.69) is 9.97 Å². The zero-order chi connectivity index (χ0) is 23.2. The topological polar surface area (TPSA) is 75.6 Å². The normalized spacial score (nSPS) is 14.4. The van der Waals surface area contributed by atoms with Crippen LogP contribution >= 0.6 is 11.3 Å². The highest BCUT2D eigenvalue weighted by Gasteiger charge is 2.39. The van der Waals surface area contributed by atoms with Gasteiger partial charge in [0.1, 0.15) is 22.9 Å². The molecule has 1 aromatic carbocycles. The molecule has 3 amide bonds. The summed E-state index contributed by atoms with van der Waals surface area (Å²) in [6.45, 7) is -0.396. The molecule has 3 aromatic heterocycles. The zero-order valence-corrected chi connectivity index (χ0v) is 17.4. The van der Waals surface area contributed by atoms with Gasteiger partial charge in [-0.25, -0.2) is 14.7 Å². The molecule has 1 fully saturated rings. The Morgan fingerprint density at radius 2 is 1.73 bits per heavy atom. The minimum atomic E-state index is -4.62. The quantitative estimate of drug-likeness (QED) is 0.370. The first-order chi connectivity index (χ1) is 15.8. The predicted molar refractivity (Wildman–Crippen MR) is 116 cm³/mol. The van der Waals surface area contributed by atoms with Crippen molar-refractivity contribution in [1.29, 1.82) is 0 Å². The Hall–Kier alpha value is -3.99. The fraction of sp³-hybridized carbons (Fsp3) is 0.0909. The number of carbonyl (C=O) groups excluding carboxylic acids is 2. The molecule has 166 valence electrons. The van der Waals surface area contributed by atoms with E-state index >= 15 is 0 Å². The highest BCUT2D eigenvalue weighted by Crippen LogP contribution is 2.33. The standard InChI is InChI=1S/C22H13F3N4O3S/c23-22(24,25)14-8-16(10-26-9-14)28-12-19(30)29(21(28)31)15-1-3-17(4-2-15)32-18-7-13-5-6-33-20(13)27-11-18/h1-11H,12H2. The lowest BCUT2D eigenvalue weighted by Crippen LogP contribution is -2.33. The Kier molecular flexibility index (Phi) is 4.97. The average Bonchev–Trinajstić information content (AvgIpc) is 3.37. The highest BCUT2D eigenvalue weighted by atomic mass is 32.1. The van der Waals surface area contributed by atoms with Gasteiger partial charge in [0.15, 0.2) is 0 Å². The first-order valence-corrected chi connectivity index (χ1v) is 10.5. The van der Waals surface area contributed by atoms with Gasteiger partial charge in [-0.2, -0.15) is 13.2 Å². The number of urea groups is 1.